The third-order valence-corrected chi connectivity index (χ3v) is 4.82. The van der Waals surface area contributed by atoms with Gasteiger partial charge in [-0.3, -0.25) is 4.90 Å². The first kappa shape index (κ1) is 13.9. The van der Waals surface area contributed by atoms with Crippen LogP contribution in [0.2, 0.25) is 0 Å². The Bertz CT molecular complexity index is 449. The number of nitrogens with zero attached hydrogens (tertiary/aromatic N) is 2. The van der Waals surface area contributed by atoms with Gasteiger partial charge in [-0.1, -0.05) is 32.0 Å². The monoisotopic (exact) mass is 272 g/mol. The molecule has 0 bridgehead atoms. The van der Waals surface area contributed by atoms with Crippen LogP contribution in [0.4, 0.5) is 5.69 Å². The van der Waals surface area contributed by atoms with Crippen molar-refractivity contribution >= 4 is 5.69 Å². The molecule has 2 aliphatic heterocycles. The summed E-state index contributed by atoms with van der Waals surface area (Å²) in [6.45, 7) is 9.61. The Kier molecular flexibility index (Phi) is 4.30. The Balaban J connectivity index is 1.85. The summed E-state index contributed by atoms with van der Waals surface area (Å²) < 4.78 is 0. The van der Waals surface area contributed by atoms with Crippen molar-refractivity contribution in [2.45, 2.75) is 52.0 Å². The molecule has 0 unspecified atom stereocenters. The SMILES string of the molecule is CCCN(CCC)[C@H]1Cc2cccc3c2N(CCC3)C1. The number of rotatable bonds is 5. The molecule has 1 aromatic rings. The Morgan fingerprint density at radius 2 is 1.90 bits per heavy atom. The molecule has 3 rings (SSSR count). The fourth-order valence-corrected chi connectivity index (χ4v) is 4.04. The van der Waals surface area contributed by atoms with E-state index in [0.717, 1.165) is 6.04 Å². The standard InChI is InChI=1S/C18H28N2/c1-3-10-19(11-4-2)17-13-16-8-5-7-15-9-6-12-20(14-17)18(15)16/h5,7-8,17H,3-4,6,9-14H2,1-2H3/t17-/m0/s1. The molecule has 110 valence electrons. The quantitative estimate of drug-likeness (QED) is 0.809. The summed E-state index contributed by atoms with van der Waals surface area (Å²) in [7, 11) is 0. The van der Waals surface area contributed by atoms with E-state index in [9.17, 15) is 0 Å². The number of para-hydroxylation sites is 1. The lowest BCUT2D eigenvalue weighted by Gasteiger charge is -2.44. The molecule has 0 aliphatic carbocycles. The van der Waals surface area contributed by atoms with E-state index >= 15 is 0 Å². The molecule has 0 saturated carbocycles. The van der Waals surface area contributed by atoms with Crippen LogP contribution >= 0.6 is 0 Å². The van der Waals surface area contributed by atoms with Gasteiger partial charge in [0.1, 0.15) is 0 Å². The number of hydrogen-bond donors (Lipinski definition) is 0. The summed E-state index contributed by atoms with van der Waals surface area (Å²) in [6, 6.07) is 7.68. The van der Waals surface area contributed by atoms with Crippen molar-refractivity contribution in [1.29, 1.82) is 0 Å². The fraction of sp³-hybridized carbons (Fsp3) is 0.667. The highest BCUT2D eigenvalue weighted by Gasteiger charge is 2.30. The highest BCUT2D eigenvalue weighted by Crippen LogP contribution is 2.36. The molecule has 0 fully saturated rings. The molecule has 0 saturated heterocycles. The van der Waals surface area contributed by atoms with Gasteiger partial charge in [-0.05, 0) is 56.3 Å². The van der Waals surface area contributed by atoms with Crippen LogP contribution in [0, 0.1) is 0 Å². The Morgan fingerprint density at radius 1 is 1.15 bits per heavy atom. The van der Waals surface area contributed by atoms with Gasteiger partial charge in [0, 0.05) is 24.8 Å². The lowest BCUT2D eigenvalue weighted by Crippen LogP contribution is -2.50. The molecule has 0 amide bonds. The van der Waals surface area contributed by atoms with E-state index in [1.165, 1.54) is 58.3 Å². The van der Waals surface area contributed by atoms with Gasteiger partial charge in [0.15, 0.2) is 0 Å². The maximum atomic E-state index is 2.73. The van der Waals surface area contributed by atoms with Crippen molar-refractivity contribution < 1.29 is 0 Å². The van der Waals surface area contributed by atoms with Gasteiger partial charge in [0.05, 0.1) is 0 Å². The van der Waals surface area contributed by atoms with E-state index in [1.54, 1.807) is 16.8 Å². The van der Waals surface area contributed by atoms with Crippen LogP contribution in [-0.2, 0) is 12.8 Å². The molecule has 2 heteroatoms. The third kappa shape index (κ3) is 2.58. The number of hydrogen-bond acceptors (Lipinski definition) is 2. The summed E-state index contributed by atoms with van der Waals surface area (Å²) in [4.78, 5) is 5.39. The molecular formula is C18H28N2. The second kappa shape index (κ2) is 6.17. The molecule has 0 N–H and O–H groups in total. The lowest BCUT2D eigenvalue weighted by molar-refractivity contribution is 0.192. The van der Waals surface area contributed by atoms with Gasteiger partial charge in [-0.2, -0.15) is 0 Å². The maximum Gasteiger partial charge on any atom is 0.0432 e. The minimum Gasteiger partial charge on any atom is -0.369 e. The minimum absolute atomic E-state index is 0.718. The summed E-state index contributed by atoms with van der Waals surface area (Å²) in [5.41, 5.74) is 4.77. The zero-order valence-corrected chi connectivity index (χ0v) is 13.1. The van der Waals surface area contributed by atoms with Gasteiger partial charge in [-0.15, -0.1) is 0 Å². The van der Waals surface area contributed by atoms with Crippen molar-refractivity contribution in [2.24, 2.45) is 0 Å². The third-order valence-electron chi connectivity index (χ3n) is 4.82. The van der Waals surface area contributed by atoms with Crippen molar-refractivity contribution in [3.8, 4) is 0 Å². The van der Waals surface area contributed by atoms with Gasteiger partial charge >= 0.3 is 0 Å². The predicted molar refractivity (Wildman–Crippen MR) is 86.6 cm³/mol. The molecule has 1 aromatic carbocycles. The number of anilines is 1. The molecule has 2 heterocycles. The van der Waals surface area contributed by atoms with Crippen LogP contribution < -0.4 is 4.90 Å². The molecule has 0 aromatic heterocycles. The van der Waals surface area contributed by atoms with Crippen LogP contribution in [0.15, 0.2) is 18.2 Å². The molecule has 0 spiro atoms. The molecule has 1 atom stereocenters. The normalized spacial score (nSPS) is 21.1. The van der Waals surface area contributed by atoms with Gasteiger partial charge < -0.3 is 4.90 Å². The molecule has 2 aliphatic rings. The summed E-state index contributed by atoms with van der Waals surface area (Å²) >= 11 is 0. The van der Waals surface area contributed by atoms with E-state index in [0.29, 0.717) is 0 Å². The second-order valence-corrected chi connectivity index (χ2v) is 6.37. The van der Waals surface area contributed by atoms with Crippen LogP contribution in [0.1, 0.15) is 44.2 Å². The van der Waals surface area contributed by atoms with Crippen molar-refractivity contribution in [2.75, 3.05) is 31.1 Å². The first-order chi connectivity index (χ1) is 9.83. The predicted octanol–water partition coefficient (Wildman–Crippen LogP) is 3.49. The van der Waals surface area contributed by atoms with E-state index < -0.39 is 0 Å². The van der Waals surface area contributed by atoms with Crippen LogP contribution in [0.5, 0.6) is 0 Å². The Morgan fingerprint density at radius 3 is 2.65 bits per heavy atom. The van der Waals surface area contributed by atoms with Gasteiger partial charge in [0.25, 0.3) is 0 Å². The van der Waals surface area contributed by atoms with Crippen molar-refractivity contribution in [1.82, 2.24) is 4.90 Å². The largest absolute Gasteiger partial charge is 0.369 e. The first-order valence-corrected chi connectivity index (χ1v) is 8.43. The summed E-state index contributed by atoms with van der Waals surface area (Å²) in [5.74, 6) is 0. The fourth-order valence-electron chi connectivity index (χ4n) is 4.04. The molecular weight excluding hydrogens is 244 g/mol. The first-order valence-electron chi connectivity index (χ1n) is 8.43. The highest BCUT2D eigenvalue weighted by molar-refractivity contribution is 5.63. The van der Waals surface area contributed by atoms with Crippen LogP contribution in [-0.4, -0.2) is 37.1 Å². The topological polar surface area (TPSA) is 6.48 Å². The van der Waals surface area contributed by atoms with E-state index in [2.05, 4.69) is 41.8 Å². The molecule has 0 radical (unpaired) electrons. The second-order valence-electron chi connectivity index (χ2n) is 6.37. The molecule has 20 heavy (non-hydrogen) atoms. The van der Waals surface area contributed by atoms with E-state index in [4.69, 9.17) is 0 Å². The van der Waals surface area contributed by atoms with Gasteiger partial charge in [0.2, 0.25) is 0 Å². The zero-order chi connectivity index (χ0) is 13.9. The van der Waals surface area contributed by atoms with E-state index in [-0.39, 0.29) is 0 Å². The zero-order valence-electron chi connectivity index (χ0n) is 13.1. The number of benzene rings is 1. The highest BCUT2D eigenvalue weighted by atomic mass is 15.2. The van der Waals surface area contributed by atoms with E-state index in [1.807, 2.05) is 0 Å². The molecule has 2 nitrogen and oxygen atoms in total. The van der Waals surface area contributed by atoms with Crippen molar-refractivity contribution in [3.63, 3.8) is 0 Å². The smallest absolute Gasteiger partial charge is 0.0432 e. The Labute approximate surface area is 123 Å². The summed E-state index contributed by atoms with van der Waals surface area (Å²) in [5, 5.41) is 0. The van der Waals surface area contributed by atoms with Crippen LogP contribution in [0.3, 0.4) is 0 Å². The lowest BCUT2D eigenvalue weighted by atomic mass is 9.89. The average Bonchev–Trinajstić information content (AvgIpc) is 2.47. The average molecular weight is 272 g/mol. The maximum absolute atomic E-state index is 2.73. The Hall–Kier alpha value is -1.02. The van der Waals surface area contributed by atoms with Gasteiger partial charge in [-0.25, -0.2) is 0 Å². The summed E-state index contributed by atoms with van der Waals surface area (Å²) in [6.07, 6.45) is 6.38. The number of aryl methyl sites for hydroxylation is 1. The van der Waals surface area contributed by atoms with Crippen LogP contribution in [0.25, 0.3) is 0 Å². The minimum atomic E-state index is 0.718. The van der Waals surface area contributed by atoms with Crippen molar-refractivity contribution in [3.05, 3.63) is 29.3 Å².